The van der Waals surface area contributed by atoms with E-state index in [0.29, 0.717) is 0 Å². The van der Waals surface area contributed by atoms with Gasteiger partial charge in [-0.05, 0) is 61.1 Å². The van der Waals surface area contributed by atoms with Crippen LogP contribution >= 0.6 is 35.1 Å². The average molecular weight is 440 g/mol. The summed E-state index contributed by atoms with van der Waals surface area (Å²) in [4.78, 5) is 4.95. The molecular weight excluding hydrogens is 414 g/mol. The van der Waals surface area contributed by atoms with Crippen LogP contribution in [0.1, 0.15) is 30.9 Å². The van der Waals surface area contributed by atoms with E-state index < -0.39 is 0 Å². The first-order chi connectivity index (χ1) is 14.1. The Morgan fingerprint density at radius 1 is 1.10 bits per heavy atom. The van der Waals surface area contributed by atoms with Crippen molar-refractivity contribution in [2.45, 2.75) is 37.2 Å². The Hall–Kier alpha value is -1.68. The molecule has 0 saturated carbocycles. The summed E-state index contributed by atoms with van der Waals surface area (Å²) in [5.41, 5.74) is 3.50. The van der Waals surface area contributed by atoms with E-state index in [0.717, 1.165) is 34.3 Å². The number of hydrogen-bond donors (Lipinski definition) is 0. The van der Waals surface area contributed by atoms with Gasteiger partial charge in [-0.15, -0.1) is 11.8 Å². The van der Waals surface area contributed by atoms with Crippen molar-refractivity contribution in [2.75, 3.05) is 0 Å². The number of thioether (sulfide) groups is 2. The lowest BCUT2D eigenvalue weighted by molar-refractivity contribution is 0.692. The zero-order chi connectivity index (χ0) is 20.5. The van der Waals surface area contributed by atoms with Crippen LogP contribution in [0.15, 0.2) is 89.3 Å². The third-order valence-corrected chi connectivity index (χ3v) is 7.28. The molecule has 3 rings (SSSR count). The number of rotatable bonds is 7. The molecule has 1 aliphatic rings. The molecule has 0 N–H and O–H groups in total. The summed E-state index contributed by atoms with van der Waals surface area (Å²) in [6.45, 7) is 4.35. The number of benzene rings is 2. The Morgan fingerprint density at radius 2 is 1.86 bits per heavy atom. The average Bonchev–Trinajstić information content (AvgIpc) is 2.74. The topological polar surface area (TPSA) is 12.4 Å². The van der Waals surface area contributed by atoms with Crippen LogP contribution in [0.2, 0.25) is 5.02 Å². The number of hydrogen-bond acceptors (Lipinski definition) is 3. The third kappa shape index (κ3) is 6.95. The number of nitrogens with zero attached hydrogens (tertiary/aromatic N) is 1. The van der Waals surface area contributed by atoms with Crippen molar-refractivity contribution in [1.82, 2.24) is 0 Å². The molecule has 2 aromatic rings. The summed E-state index contributed by atoms with van der Waals surface area (Å²) in [6.07, 6.45) is 13.1. The lowest BCUT2D eigenvalue weighted by Crippen LogP contribution is -2.23. The second-order valence-corrected chi connectivity index (χ2v) is 9.80. The van der Waals surface area contributed by atoms with Gasteiger partial charge in [-0.1, -0.05) is 84.4 Å². The fourth-order valence-corrected chi connectivity index (χ4v) is 5.03. The lowest BCUT2D eigenvalue weighted by atomic mass is 9.97. The van der Waals surface area contributed by atoms with Crippen LogP contribution in [0.5, 0.6) is 0 Å². The van der Waals surface area contributed by atoms with Crippen molar-refractivity contribution in [3.63, 3.8) is 0 Å². The van der Waals surface area contributed by atoms with Crippen LogP contribution in [-0.4, -0.2) is 9.79 Å². The van der Waals surface area contributed by atoms with E-state index in [1.165, 1.54) is 11.1 Å². The Labute approximate surface area is 188 Å². The van der Waals surface area contributed by atoms with Gasteiger partial charge in [0.25, 0.3) is 0 Å². The Kier molecular flexibility index (Phi) is 8.29. The molecule has 2 aromatic carbocycles. The minimum atomic E-state index is 0.0729. The van der Waals surface area contributed by atoms with Crippen molar-refractivity contribution in [2.24, 2.45) is 4.99 Å². The van der Waals surface area contributed by atoms with Crippen molar-refractivity contribution in [1.29, 1.82) is 0 Å². The van der Waals surface area contributed by atoms with E-state index >= 15 is 0 Å². The molecular formula is C25H26ClNS2. The van der Waals surface area contributed by atoms with Crippen LogP contribution in [0.25, 0.3) is 0 Å². The highest BCUT2D eigenvalue weighted by molar-refractivity contribution is 8.15. The SMILES string of the molecule is CCC1(SC(C=CSCc2ccc(Cl)cc2)=Nc2ccc(C)cc2)C=CC=CC1. The van der Waals surface area contributed by atoms with Gasteiger partial charge in [0.15, 0.2) is 0 Å². The van der Waals surface area contributed by atoms with Gasteiger partial charge in [0.05, 0.1) is 10.7 Å². The van der Waals surface area contributed by atoms with Crippen LogP contribution in [0.4, 0.5) is 5.69 Å². The summed E-state index contributed by atoms with van der Waals surface area (Å²) in [7, 11) is 0. The standard InChI is InChI=1S/C25H26ClNS2/c1-3-25(16-5-4-6-17-25)29-24(27-23-13-7-20(2)8-14-23)15-18-28-19-21-9-11-22(26)12-10-21/h4-16,18H,3,17,19H2,1-2H3. The minimum Gasteiger partial charge on any atom is -0.242 e. The molecule has 0 fully saturated rings. The molecule has 1 nitrogen and oxygen atoms in total. The number of aryl methyl sites for hydroxylation is 1. The Balaban J connectivity index is 1.74. The molecule has 150 valence electrons. The highest BCUT2D eigenvalue weighted by atomic mass is 35.5. The predicted octanol–water partition coefficient (Wildman–Crippen LogP) is 8.52. The summed E-state index contributed by atoms with van der Waals surface area (Å²) >= 11 is 9.60. The molecule has 0 spiro atoms. The second-order valence-electron chi connectivity index (χ2n) is 7.04. The largest absolute Gasteiger partial charge is 0.242 e. The fraction of sp³-hybridized carbons (Fsp3) is 0.240. The van der Waals surface area contributed by atoms with Gasteiger partial charge >= 0.3 is 0 Å². The predicted molar refractivity (Wildman–Crippen MR) is 134 cm³/mol. The highest BCUT2D eigenvalue weighted by Gasteiger charge is 2.27. The van der Waals surface area contributed by atoms with Gasteiger partial charge in [0, 0.05) is 15.5 Å². The maximum atomic E-state index is 5.97. The van der Waals surface area contributed by atoms with Crippen molar-refractivity contribution < 1.29 is 0 Å². The van der Waals surface area contributed by atoms with E-state index in [1.807, 2.05) is 23.9 Å². The van der Waals surface area contributed by atoms with E-state index in [-0.39, 0.29) is 4.75 Å². The number of allylic oxidation sites excluding steroid dienone is 3. The molecule has 0 bridgehead atoms. The van der Waals surface area contributed by atoms with Crippen LogP contribution in [0.3, 0.4) is 0 Å². The van der Waals surface area contributed by atoms with Crippen molar-refractivity contribution in [3.05, 3.63) is 100 Å². The summed E-state index contributed by atoms with van der Waals surface area (Å²) in [5, 5.41) is 3.97. The zero-order valence-corrected chi connectivity index (χ0v) is 19.2. The maximum absolute atomic E-state index is 5.97. The minimum absolute atomic E-state index is 0.0729. The smallest absolute Gasteiger partial charge is 0.0980 e. The van der Waals surface area contributed by atoms with E-state index in [2.05, 4.69) is 86.0 Å². The van der Waals surface area contributed by atoms with Crippen LogP contribution < -0.4 is 0 Å². The van der Waals surface area contributed by atoms with Crippen molar-refractivity contribution >= 4 is 45.9 Å². The number of halogens is 1. The van der Waals surface area contributed by atoms with Gasteiger partial charge in [0.1, 0.15) is 0 Å². The summed E-state index contributed by atoms with van der Waals surface area (Å²) in [6, 6.07) is 16.4. The molecule has 1 aliphatic carbocycles. The molecule has 0 aliphatic heterocycles. The molecule has 1 atom stereocenters. The van der Waals surface area contributed by atoms with Gasteiger partial charge in [-0.3, -0.25) is 0 Å². The molecule has 0 heterocycles. The molecule has 29 heavy (non-hydrogen) atoms. The third-order valence-electron chi connectivity index (χ3n) is 4.76. The number of aliphatic imine (C=N–C) groups is 1. The van der Waals surface area contributed by atoms with E-state index in [4.69, 9.17) is 16.6 Å². The van der Waals surface area contributed by atoms with Gasteiger partial charge < -0.3 is 0 Å². The highest BCUT2D eigenvalue weighted by Crippen LogP contribution is 2.38. The first-order valence-electron chi connectivity index (χ1n) is 9.80. The molecule has 0 aromatic heterocycles. The molecule has 0 amide bonds. The Morgan fingerprint density at radius 3 is 2.52 bits per heavy atom. The van der Waals surface area contributed by atoms with Crippen molar-refractivity contribution in [3.8, 4) is 0 Å². The van der Waals surface area contributed by atoms with E-state index in [1.54, 1.807) is 11.8 Å². The molecule has 1 unspecified atom stereocenters. The van der Waals surface area contributed by atoms with Gasteiger partial charge in [-0.25, -0.2) is 4.99 Å². The fourth-order valence-electron chi connectivity index (χ4n) is 2.94. The molecule has 4 heteroatoms. The van der Waals surface area contributed by atoms with Gasteiger partial charge in [0.2, 0.25) is 0 Å². The van der Waals surface area contributed by atoms with Gasteiger partial charge in [-0.2, -0.15) is 0 Å². The van der Waals surface area contributed by atoms with Crippen LogP contribution in [0, 0.1) is 6.92 Å². The monoisotopic (exact) mass is 439 g/mol. The normalized spacial score (nSPS) is 19.2. The summed E-state index contributed by atoms with van der Waals surface area (Å²) < 4.78 is 0.0729. The van der Waals surface area contributed by atoms with E-state index in [9.17, 15) is 0 Å². The second kappa shape index (κ2) is 10.9. The van der Waals surface area contributed by atoms with Crippen LogP contribution in [-0.2, 0) is 5.75 Å². The Bertz CT molecular complexity index is 911. The molecule has 0 radical (unpaired) electrons. The zero-order valence-electron chi connectivity index (χ0n) is 16.8. The quantitative estimate of drug-likeness (QED) is 0.316. The maximum Gasteiger partial charge on any atom is 0.0980 e. The first-order valence-corrected chi connectivity index (χ1v) is 12.0. The first kappa shape index (κ1) is 22.0. The summed E-state index contributed by atoms with van der Waals surface area (Å²) in [5.74, 6) is 0.914. The molecule has 0 saturated heterocycles. The lowest BCUT2D eigenvalue weighted by Gasteiger charge is -2.29.